The Morgan fingerprint density at radius 2 is 1.59 bits per heavy atom. The summed E-state index contributed by atoms with van der Waals surface area (Å²) in [5, 5.41) is 8.53. The predicted molar refractivity (Wildman–Crippen MR) is 95.3 cm³/mol. The van der Waals surface area contributed by atoms with Crippen molar-refractivity contribution in [2.24, 2.45) is 0 Å². The fraction of sp³-hybridized carbons (Fsp3) is 0.875. The Morgan fingerprint density at radius 3 is 2.09 bits per heavy atom. The highest BCUT2D eigenvalue weighted by atomic mass is 33.1. The Kier molecular flexibility index (Phi) is 12.9. The van der Waals surface area contributed by atoms with E-state index in [4.69, 9.17) is 9.84 Å². The van der Waals surface area contributed by atoms with Gasteiger partial charge in [0, 0.05) is 11.5 Å². The van der Waals surface area contributed by atoms with Crippen molar-refractivity contribution < 1.29 is 19.4 Å². The molecule has 0 spiro atoms. The Hall–Kier alpha value is -0.360. The van der Waals surface area contributed by atoms with Gasteiger partial charge in [0.15, 0.2) is 0 Å². The SMILES string of the molecule is CCCCCC(CC)(CC)OC(=O)CCSSCCC(=O)O. The van der Waals surface area contributed by atoms with Crippen LogP contribution in [0.1, 0.15) is 72.1 Å². The number of ether oxygens (including phenoxy) is 1. The molecule has 0 aromatic carbocycles. The topological polar surface area (TPSA) is 63.6 Å². The molecular weight excluding hydrogens is 320 g/mol. The summed E-state index contributed by atoms with van der Waals surface area (Å²) in [6.07, 6.45) is 6.66. The van der Waals surface area contributed by atoms with Crippen molar-refractivity contribution in [2.75, 3.05) is 11.5 Å². The van der Waals surface area contributed by atoms with Gasteiger partial charge >= 0.3 is 11.9 Å². The summed E-state index contributed by atoms with van der Waals surface area (Å²) in [6.45, 7) is 6.34. The lowest BCUT2D eigenvalue weighted by Gasteiger charge is -2.31. The van der Waals surface area contributed by atoms with Crippen LogP contribution in [0.5, 0.6) is 0 Å². The van der Waals surface area contributed by atoms with E-state index in [0.29, 0.717) is 17.9 Å². The number of carbonyl (C=O) groups excluding carboxylic acids is 1. The molecule has 0 fully saturated rings. The first kappa shape index (κ1) is 21.6. The van der Waals surface area contributed by atoms with E-state index in [-0.39, 0.29) is 18.0 Å². The van der Waals surface area contributed by atoms with Gasteiger partial charge in [-0.2, -0.15) is 0 Å². The number of esters is 1. The zero-order valence-electron chi connectivity index (χ0n) is 14.1. The molecule has 0 aliphatic carbocycles. The minimum Gasteiger partial charge on any atom is -0.481 e. The molecule has 0 aromatic rings. The van der Waals surface area contributed by atoms with E-state index in [1.165, 1.54) is 34.4 Å². The molecule has 1 N–H and O–H groups in total. The number of carboxylic acid groups (broad SMARTS) is 1. The van der Waals surface area contributed by atoms with E-state index in [1.54, 1.807) is 0 Å². The van der Waals surface area contributed by atoms with Gasteiger partial charge in [-0.3, -0.25) is 9.59 Å². The first-order valence-electron chi connectivity index (χ1n) is 8.17. The normalized spacial score (nSPS) is 11.4. The summed E-state index contributed by atoms with van der Waals surface area (Å²) in [7, 11) is 3.04. The molecule has 0 bridgehead atoms. The fourth-order valence-electron chi connectivity index (χ4n) is 2.16. The van der Waals surface area contributed by atoms with Gasteiger partial charge in [0.2, 0.25) is 0 Å². The van der Waals surface area contributed by atoms with Crippen molar-refractivity contribution in [3.05, 3.63) is 0 Å². The van der Waals surface area contributed by atoms with Crippen molar-refractivity contribution in [1.82, 2.24) is 0 Å². The first-order chi connectivity index (χ1) is 10.5. The van der Waals surface area contributed by atoms with E-state index < -0.39 is 5.97 Å². The van der Waals surface area contributed by atoms with Crippen LogP contribution in [0.15, 0.2) is 0 Å². The summed E-state index contributed by atoms with van der Waals surface area (Å²) in [4.78, 5) is 22.4. The first-order valence-corrected chi connectivity index (χ1v) is 10.7. The van der Waals surface area contributed by atoms with Gasteiger partial charge in [-0.1, -0.05) is 55.2 Å². The minimum absolute atomic E-state index is 0.133. The van der Waals surface area contributed by atoms with Crippen LogP contribution in [-0.2, 0) is 14.3 Å². The molecule has 0 saturated heterocycles. The molecule has 0 aliphatic heterocycles. The second-order valence-corrected chi connectivity index (χ2v) is 8.06. The molecule has 0 rings (SSSR count). The number of hydrogen-bond acceptors (Lipinski definition) is 5. The van der Waals surface area contributed by atoms with E-state index in [0.717, 1.165) is 25.7 Å². The average Bonchev–Trinajstić information content (AvgIpc) is 2.49. The van der Waals surface area contributed by atoms with Crippen LogP contribution >= 0.6 is 21.6 Å². The predicted octanol–water partition coefficient (Wildman–Crippen LogP) is 4.91. The second-order valence-electron chi connectivity index (χ2n) is 5.36. The van der Waals surface area contributed by atoms with Crippen LogP contribution in [0.4, 0.5) is 0 Å². The van der Waals surface area contributed by atoms with Gasteiger partial charge in [0.05, 0.1) is 12.8 Å². The van der Waals surface area contributed by atoms with Gasteiger partial charge in [-0.25, -0.2) is 0 Å². The van der Waals surface area contributed by atoms with E-state index >= 15 is 0 Å². The number of rotatable bonds is 14. The van der Waals surface area contributed by atoms with Crippen molar-refractivity contribution in [3.63, 3.8) is 0 Å². The molecule has 0 heterocycles. The molecule has 0 saturated carbocycles. The summed E-state index contributed by atoms with van der Waals surface area (Å²) >= 11 is 0. The number of carbonyl (C=O) groups is 2. The summed E-state index contributed by atoms with van der Waals surface area (Å²) in [5.74, 6) is 0.323. The third kappa shape index (κ3) is 10.4. The highest BCUT2D eigenvalue weighted by Gasteiger charge is 2.29. The molecule has 0 atom stereocenters. The Bertz CT molecular complexity index is 317. The van der Waals surface area contributed by atoms with Crippen LogP contribution in [0.3, 0.4) is 0 Å². The zero-order valence-corrected chi connectivity index (χ0v) is 15.7. The van der Waals surface area contributed by atoms with Crippen LogP contribution in [0.2, 0.25) is 0 Å². The smallest absolute Gasteiger partial charge is 0.307 e. The van der Waals surface area contributed by atoms with Crippen LogP contribution in [0, 0.1) is 0 Å². The molecule has 0 amide bonds. The van der Waals surface area contributed by atoms with Gasteiger partial charge in [-0.05, 0) is 25.7 Å². The van der Waals surface area contributed by atoms with Gasteiger partial charge < -0.3 is 9.84 Å². The lowest BCUT2D eigenvalue weighted by atomic mass is 9.90. The van der Waals surface area contributed by atoms with Gasteiger partial charge in [0.1, 0.15) is 5.60 Å². The molecule has 0 aromatic heterocycles. The third-order valence-electron chi connectivity index (χ3n) is 3.73. The Morgan fingerprint density at radius 1 is 1.00 bits per heavy atom. The second kappa shape index (κ2) is 13.1. The summed E-state index contributed by atoms with van der Waals surface area (Å²) in [6, 6.07) is 0. The molecule has 0 aliphatic rings. The number of hydrogen-bond donors (Lipinski definition) is 1. The van der Waals surface area contributed by atoms with Crippen molar-refractivity contribution in [1.29, 1.82) is 0 Å². The molecule has 4 nitrogen and oxygen atoms in total. The molecule has 0 unspecified atom stereocenters. The molecule has 130 valence electrons. The maximum absolute atomic E-state index is 12.0. The van der Waals surface area contributed by atoms with Crippen LogP contribution in [-0.4, -0.2) is 34.2 Å². The van der Waals surface area contributed by atoms with Crippen molar-refractivity contribution in [2.45, 2.75) is 77.7 Å². The Balaban J connectivity index is 3.99. The number of aliphatic carboxylic acids is 1. The largest absolute Gasteiger partial charge is 0.481 e. The quantitative estimate of drug-likeness (QED) is 0.273. The van der Waals surface area contributed by atoms with E-state index in [2.05, 4.69) is 20.8 Å². The van der Waals surface area contributed by atoms with E-state index in [1.807, 2.05) is 0 Å². The highest BCUT2D eigenvalue weighted by Crippen LogP contribution is 2.29. The molecule has 6 heteroatoms. The monoisotopic (exact) mass is 350 g/mol. The van der Waals surface area contributed by atoms with E-state index in [9.17, 15) is 9.59 Å². The fourth-order valence-corrected chi connectivity index (χ4v) is 4.11. The lowest BCUT2D eigenvalue weighted by Crippen LogP contribution is -2.34. The number of carboxylic acids is 1. The van der Waals surface area contributed by atoms with Crippen molar-refractivity contribution >= 4 is 33.5 Å². The van der Waals surface area contributed by atoms with Crippen LogP contribution in [0.25, 0.3) is 0 Å². The summed E-state index contributed by atoms with van der Waals surface area (Å²) in [5.41, 5.74) is -0.298. The van der Waals surface area contributed by atoms with Gasteiger partial charge in [0.25, 0.3) is 0 Å². The Labute approximate surface area is 142 Å². The lowest BCUT2D eigenvalue weighted by molar-refractivity contribution is -0.161. The third-order valence-corrected chi connectivity index (χ3v) is 6.14. The zero-order chi connectivity index (χ0) is 16.8. The maximum Gasteiger partial charge on any atom is 0.307 e. The standard InChI is InChI=1S/C16H30O4S2/c1-4-7-8-11-16(5-2,6-3)20-15(19)10-13-22-21-12-9-14(17)18/h4-13H2,1-3H3,(H,17,18). The average molecular weight is 351 g/mol. The summed E-state index contributed by atoms with van der Waals surface area (Å²) < 4.78 is 5.77. The van der Waals surface area contributed by atoms with Crippen molar-refractivity contribution in [3.8, 4) is 0 Å². The minimum atomic E-state index is -0.782. The molecular formula is C16H30O4S2. The van der Waals surface area contributed by atoms with Gasteiger partial charge in [-0.15, -0.1) is 0 Å². The molecule has 0 radical (unpaired) electrons. The number of unbranched alkanes of at least 4 members (excludes halogenated alkanes) is 2. The molecule has 22 heavy (non-hydrogen) atoms. The maximum atomic E-state index is 12.0. The van der Waals surface area contributed by atoms with Crippen LogP contribution < -0.4 is 0 Å². The highest BCUT2D eigenvalue weighted by molar-refractivity contribution is 8.76.